The first-order valence-electron chi connectivity index (χ1n) is 7.52. The topological polar surface area (TPSA) is 75.4 Å². The maximum absolute atomic E-state index is 10.2. The molecule has 3 rings (SSSR count). The van der Waals surface area contributed by atoms with Crippen LogP contribution in [0.2, 0.25) is 5.02 Å². The van der Waals surface area contributed by atoms with Gasteiger partial charge in [-0.25, -0.2) is 5.10 Å². The van der Waals surface area contributed by atoms with E-state index >= 15 is 0 Å². The number of halogens is 1. The molecule has 0 fully saturated rings. The number of benzene rings is 2. The van der Waals surface area contributed by atoms with Crippen LogP contribution in [0.5, 0.6) is 11.5 Å². The molecule has 1 aromatic heterocycles. The lowest BCUT2D eigenvalue weighted by atomic mass is 10.2. The standard InChI is InChI=1S/C17H15ClN4O2S/c1-2-24-14-5-3-4-12(15(14)23)10-19-22-16(20-21-17(22)25)11-6-8-13(18)9-7-11/h3-10,23H,2H2,1H3,(H,21,25)/b19-10+. The summed E-state index contributed by atoms with van der Waals surface area (Å²) in [5.41, 5.74) is 1.32. The first kappa shape index (κ1) is 17.2. The molecule has 0 aliphatic rings. The highest BCUT2D eigenvalue weighted by Gasteiger charge is 2.09. The van der Waals surface area contributed by atoms with Crippen LogP contribution in [0.1, 0.15) is 12.5 Å². The van der Waals surface area contributed by atoms with Crippen LogP contribution < -0.4 is 4.74 Å². The van der Waals surface area contributed by atoms with Crippen molar-refractivity contribution in [3.8, 4) is 22.9 Å². The van der Waals surface area contributed by atoms with E-state index in [4.69, 9.17) is 28.6 Å². The Morgan fingerprint density at radius 2 is 2.08 bits per heavy atom. The molecule has 0 atom stereocenters. The Morgan fingerprint density at radius 1 is 1.32 bits per heavy atom. The molecule has 0 radical (unpaired) electrons. The van der Waals surface area contributed by atoms with Gasteiger partial charge in [0, 0.05) is 16.1 Å². The number of aromatic amines is 1. The fourth-order valence-electron chi connectivity index (χ4n) is 2.22. The molecule has 0 aliphatic carbocycles. The van der Waals surface area contributed by atoms with Gasteiger partial charge in [-0.1, -0.05) is 17.7 Å². The van der Waals surface area contributed by atoms with Crippen molar-refractivity contribution < 1.29 is 9.84 Å². The van der Waals surface area contributed by atoms with Gasteiger partial charge in [0.2, 0.25) is 4.77 Å². The zero-order valence-electron chi connectivity index (χ0n) is 13.3. The van der Waals surface area contributed by atoms with E-state index in [1.165, 1.54) is 10.9 Å². The SMILES string of the molecule is CCOc1cccc(/C=N/n2c(-c3ccc(Cl)cc3)n[nH]c2=S)c1O. The van der Waals surface area contributed by atoms with Crippen LogP contribution in [0.15, 0.2) is 47.6 Å². The second kappa shape index (κ2) is 7.50. The third-order valence-electron chi connectivity index (χ3n) is 3.40. The molecular formula is C17H15ClN4O2S. The number of phenols is 1. The summed E-state index contributed by atoms with van der Waals surface area (Å²) in [7, 11) is 0. The second-order valence-electron chi connectivity index (χ2n) is 5.04. The number of hydrogen-bond donors (Lipinski definition) is 2. The minimum atomic E-state index is 0.0242. The van der Waals surface area contributed by atoms with Crippen LogP contribution in [0.4, 0.5) is 0 Å². The zero-order chi connectivity index (χ0) is 17.8. The molecule has 6 nitrogen and oxygen atoms in total. The van der Waals surface area contributed by atoms with Gasteiger partial charge in [0.05, 0.1) is 12.8 Å². The fourth-order valence-corrected chi connectivity index (χ4v) is 2.53. The number of rotatable bonds is 5. The van der Waals surface area contributed by atoms with Crippen LogP contribution in [0.25, 0.3) is 11.4 Å². The minimum absolute atomic E-state index is 0.0242. The number of phenolic OH excluding ortho intramolecular Hbond substituents is 1. The zero-order valence-corrected chi connectivity index (χ0v) is 14.9. The predicted molar refractivity (Wildman–Crippen MR) is 100 cm³/mol. The average Bonchev–Trinajstić information content (AvgIpc) is 2.97. The van der Waals surface area contributed by atoms with Crippen LogP contribution in [0, 0.1) is 4.77 Å². The van der Waals surface area contributed by atoms with Crippen molar-refractivity contribution in [1.29, 1.82) is 0 Å². The second-order valence-corrected chi connectivity index (χ2v) is 5.87. The summed E-state index contributed by atoms with van der Waals surface area (Å²) in [6, 6.07) is 12.4. The normalized spacial score (nSPS) is 11.1. The van der Waals surface area contributed by atoms with Gasteiger partial charge >= 0.3 is 0 Å². The van der Waals surface area contributed by atoms with Crippen LogP contribution in [-0.2, 0) is 0 Å². The number of nitrogens with one attached hydrogen (secondary N) is 1. The summed E-state index contributed by atoms with van der Waals surface area (Å²) in [6.45, 7) is 2.31. The number of hydrogen-bond acceptors (Lipinski definition) is 5. The van der Waals surface area contributed by atoms with Crippen molar-refractivity contribution in [3.05, 3.63) is 57.8 Å². The summed E-state index contributed by atoms with van der Waals surface area (Å²) in [4.78, 5) is 0. The van der Waals surface area contributed by atoms with Crippen LogP contribution in [0.3, 0.4) is 0 Å². The maximum Gasteiger partial charge on any atom is 0.216 e. The van der Waals surface area contributed by atoms with Gasteiger partial charge in [-0.15, -0.1) is 0 Å². The lowest BCUT2D eigenvalue weighted by molar-refractivity contribution is 0.318. The Balaban J connectivity index is 1.98. The first-order valence-corrected chi connectivity index (χ1v) is 8.31. The average molecular weight is 375 g/mol. The summed E-state index contributed by atoms with van der Waals surface area (Å²) in [5.74, 6) is 0.967. The Labute approximate surface area is 154 Å². The highest BCUT2D eigenvalue weighted by atomic mass is 35.5. The number of ether oxygens (including phenoxy) is 1. The number of aromatic nitrogens is 3. The number of aromatic hydroxyl groups is 1. The summed E-state index contributed by atoms with van der Waals surface area (Å²) >= 11 is 11.2. The van der Waals surface area contributed by atoms with E-state index in [9.17, 15) is 5.11 Å². The molecular weight excluding hydrogens is 360 g/mol. The highest BCUT2D eigenvalue weighted by molar-refractivity contribution is 7.71. The minimum Gasteiger partial charge on any atom is -0.504 e. The van der Waals surface area contributed by atoms with Crippen LogP contribution in [-0.4, -0.2) is 32.8 Å². The summed E-state index contributed by atoms with van der Waals surface area (Å²) in [6.07, 6.45) is 1.50. The molecule has 0 aliphatic heterocycles. The summed E-state index contributed by atoms with van der Waals surface area (Å²) in [5, 5.41) is 22.1. The van der Waals surface area contributed by atoms with E-state index in [1.54, 1.807) is 30.3 Å². The lowest BCUT2D eigenvalue weighted by Gasteiger charge is -2.07. The lowest BCUT2D eigenvalue weighted by Crippen LogP contribution is -1.97. The quantitative estimate of drug-likeness (QED) is 0.517. The van der Waals surface area contributed by atoms with Crippen molar-refractivity contribution in [3.63, 3.8) is 0 Å². The van der Waals surface area contributed by atoms with Gasteiger partial charge in [0.1, 0.15) is 0 Å². The summed E-state index contributed by atoms with van der Waals surface area (Å²) < 4.78 is 7.18. The highest BCUT2D eigenvalue weighted by Crippen LogP contribution is 2.28. The molecule has 25 heavy (non-hydrogen) atoms. The van der Waals surface area contributed by atoms with Crippen molar-refractivity contribution >= 4 is 30.0 Å². The van der Waals surface area contributed by atoms with Gasteiger partial charge in [-0.3, -0.25) is 0 Å². The molecule has 0 spiro atoms. The van der Waals surface area contributed by atoms with E-state index in [1.807, 2.05) is 19.1 Å². The first-order chi connectivity index (χ1) is 12.1. The van der Waals surface area contributed by atoms with Gasteiger partial charge < -0.3 is 9.84 Å². The molecule has 1 heterocycles. The van der Waals surface area contributed by atoms with Crippen LogP contribution >= 0.6 is 23.8 Å². The van der Waals surface area contributed by atoms with Gasteiger partial charge in [0.15, 0.2) is 17.3 Å². The predicted octanol–water partition coefficient (Wildman–Crippen LogP) is 4.25. The van der Waals surface area contributed by atoms with E-state index in [0.29, 0.717) is 33.5 Å². The van der Waals surface area contributed by atoms with Crippen molar-refractivity contribution in [2.75, 3.05) is 6.61 Å². The van der Waals surface area contributed by atoms with Crippen molar-refractivity contribution in [2.24, 2.45) is 5.10 Å². The van der Waals surface area contributed by atoms with E-state index in [0.717, 1.165) is 5.56 Å². The molecule has 0 saturated heterocycles. The van der Waals surface area contributed by atoms with Crippen molar-refractivity contribution in [1.82, 2.24) is 14.9 Å². The Kier molecular flexibility index (Phi) is 5.16. The van der Waals surface area contributed by atoms with Gasteiger partial charge in [-0.05, 0) is 55.5 Å². The van der Waals surface area contributed by atoms with Crippen molar-refractivity contribution in [2.45, 2.75) is 6.92 Å². The molecule has 0 bridgehead atoms. The Bertz CT molecular complexity index is 964. The maximum atomic E-state index is 10.2. The van der Waals surface area contributed by atoms with E-state index in [-0.39, 0.29) is 5.75 Å². The van der Waals surface area contributed by atoms with Gasteiger partial charge in [0.25, 0.3) is 0 Å². The number of nitrogens with zero attached hydrogens (tertiary/aromatic N) is 3. The third kappa shape index (κ3) is 3.72. The number of H-pyrrole nitrogens is 1. The molecule has 0 unspecified atom stereocenters. The molecule has 2 N–H and O–H groups in total. The van der Waals surface area contributed by atoms with E-state index in [2.05, 4.69) is 15.3 Å². The Hall–Kier alpha value is -2.64. The molecule has 2 aromatic carbocycles. The monoisotopic (exact) mass is 374 g/mol. The number of para-hydroxylation sites is 1. The largest absolute Gasteiger partial charge is 0.504 e. The van der Waals surface area contributed by atoms with E-state index < -0.39 is 0 Å². The molecule has 0 amide bonds. The third-order valence-corrected chi connectivity index (χ3v) is 3.91. The molecule has 3 aromatic rings. The Morgan fingerprint density at radius 3 is 2.80 bits per heavy atom. The molecule has 128 valence electrons. The molecule has 8 heteroatoms. The molecule has 0 saturated carbocycles. The smallest absolute Gasteiger partial charge is 0.216 e. The van der Waals surface area contributed by atoms with Gasteiger partial charge in [-0.2, -0.15) is 14.9 Å². The fraction of sp³-hybridized carbons (Fsp3) is 0.118.